The van der Waals surface area contributed by atoms with Crippen LogP contribution in [0.25, 0.3) is 0 Å². The summed E-state index contributed by atoms with van der Waals surface area (Å²) in [5.41, 5.74) is 9.57. The standard InChI is InChI=1S/C16H20N2O2/c1-20-16-5-3-2-4-13(16)11-18-15-7-6-14(17)10-12(15)8-9-19/h2-7,10,18-19H,8-9,11,17H2,1H3. The fourth-order valence-electron chi connectivity index (χ4n) is 2.15. The Balaban J connectivity index is 2.14. The van der Waals surface area contributed by atoms with Crippen LogP contribution in [-0.4, -0.2) is 18.8 Å². The molecule has 0 spiro atoms. The van der Waals surface area contributed by atoms with Gasteiger partial charge < -0.3 is 20.9 Å². The molecule has 0 heterocycles. The molecule has 4 nitrogen and oxygen atoms in total. The van der Waals surface area contributed by atoms with Gasteiger partial charge in [0.1, 0.15) is 5.75 Å². The predicted octanol–water partition coefficient (Wildman–Crippen LogP) is 2.42. The number of aliphatic hydroxyl groups is 1. The van der Waals surface area contributed by atoms with Crippen LogP contribution in [0.5, 0.6) is 5.75 Å². The van der Waals surface area contributed by atoms with Gasteiger partial charge in [-0.2, -0.15) is 0 Å². The average molecular weight is 272 g/mol. The second kappa shape index (κ2) is 6.82. The van der Waals surface area contributed by atoms with Crippen molar-refractivity contribution in [3.8, 4) is 5.75 Å². The Hall–Kier alpha value is -2.20. The molecule has 0 aliphatic heterocycles. The van der Waals surface area contributed by atoms with Crippen molar-refractivity contribution >= 4 is 11.4 Å². The molecule has 0 bridgehead atoms. The number of ether oxygens (including phenoxy) is 1. The number of nitrogen functional groups attached to an aromatic ring is 1. The number of aliphatic hydroxyl groups excluding tert-OH is 1. The van der Waals surface area contributed by atoms with Gasteiger partial charge in [-0.1, -0.05) is 18.2 Å². The smallest absolute Gasteiger partial charge is 0.123 e. The largest absolute Gasteiger partial charge is 0.496 e. The predicted molar refractivity (Wildman–Crippen MR) is 82.0 cm³/mol. The van der Waals surface area contributed by atoms with Gasteiger partial charge in [-0.3, -0.25) is 0 Å². The number of para-hydroxylation sites is 1. The maximum Gasteiger partial charge on any atom is 0.123 e. The lowest BCUT2D eigenvalue weighted by molar-refractivity contribution is 0.300. The summed E-state index contributed by atoms with van der Waals surface area (Å²) in [6.45, 7) is 0.763. The van der Waals surface area contributed by atoms with Gasteiger partial charge in [-0.05, 0) is 36.2 Å². The normalized spacial score (nSPS) is 10.3. The molecule has 2 aromatic carbocycles. The van der Waals surface area contributed by atoms with Gasteiger partial charge in [0.2, 0.25) is 0 Å². The number of anilines is 2. The molecule has 2 aromatic rings. The third kappa shape index (κ3) is 3.42. The summed E-state index contributed by atoms with van der Waals surface area (Å²) >= 11 is 0. The lowest BCUT2D eigenvalue weighted by Crippen LogP contribution is -2.05. The van der Waals surface area contributed by atoms with Gasteiger partial charge in [0, 0.05) is 30.1 Å². The van der Waals surface area contributed by atoms with Gasteiger partial charge in [-0.15, -0.1) is 0 Å². The Morgan fingerprint density at radius 2 is 1.95 bits per heavy atom. The minimum Gasteiger partial charge on any atom is -0.496 e. The summed E-state index contributed by atoms with van der Waals surface area (Å²) in [6.07, 6.45) is 0.583. The molecular formula is C16H20N2O2. The highest BCUT2D eigenvalue weighted by Gasteiger charge is 2.05. The van der Waals surface area contributed by atoms with Gasteiger partial charge in [0.15, 0.2) is 0 Å². The molecule has 20 heavy (non-hydrogen) atoms. The van der Waals surface area contributed by atoms with Crippen molar-refractivity contribution in [3.63, 3.8) is 0 Å². The topological polar surface area (TPSA) is 67.5 Å². The molecule has 0 radical (unpaired) electrons. The fraction of sp³-hybridized carbons (Fsp3) is 0.250. The van der Waals surface area contributed by atoms with E-state index in [2.05, 4.69) is 5.32 Å². The molecule has 4 N–H and O–H groups in total. The zero-order valence-corrected chi connectivity index (χ0v) is 11.6. The third-order valence-corrected chi connectivity index (χ3v) is 3.17. The number of rotatable bonds is 6. The molecule has 0 saturated carbocycles. The number of hydrogen-bond donors (Lipinski definition) is 3. The van der Waals surface area contributed by atoms with E-state index in [4.69, 9.17) is 15.6 Å². The van der Waals surface area contributed by atoms with Crippen molar-refractivity contribution in [1.82, 2.24) is 0 Å². The summed E-state index contributed by atoms with van der Waals surface area (Å²) in [7, 11) is 1.67. The molecule has 0 fully saturated rings. The van der Waals surface area contributed by atoms with Crippen LogP contribution in [0.3, 0.4) is 0 Å². The van der Waals surface area contributed by atoms with Crippen molar-refractivity contribution in [2.24, 2.45) is 0 Å². The van der Waals surface area contributed by atoms with E-state index in [1.807, 2.05) is 42.5 Å². The zero-order valence-electron chi connectivity index (χ0n) is 11.6. The van der Waals surface area contributed by atoms with Crippen molar-refractivity contribution in [2.45, 2.75) is 13.0 Å². The fourth-order valence-corrected chi connectivity index (χ4v) is 2.15. The van der Waals surface area contributed by atoms with Gasteiger partial charge in [0.25, 0.3) is 0 Å². The molecule has 0 atom stereocenters. The second-order valence-electron chi connectivity index (χ2n) is 4.56. The minimum atomic E-state index is 0.104. The first kappa shape index (κ1) is 14.2. The van der Waals surface area contributed by atoms with Crippen LogP contribution in [0.15, 0.2) is 42.5 Å². The first-order valence-electron chi connectivity index (χ1n) is 6.59. The molecule has 0 aliphatic rings. The zero-order chi connectivity index (χ0) is 14.4. The van der Waals surface area contributed by atoms with Crippen LogP contribution in [0, 0.1) is 0 Å². The highest BCUT2D eigenvalue weighted by Crippen LogP contribution is 2.23. The maximum atomic E-state index is 9.11. The van der Waals surface area contributed by atoms with Gasteiger partial charge in [0.05, 0.1) is 7.11 Å². The summed E-state index contributed by atoms with van der Waals surface area (Å²) in [4.78, 5) is 0. The molecule has 0 unspecified atom stereocenters. The molecule has 2 rings (SSSR count). The maximum absolute atomic E-state index is 9.11. The van der Waals surface area contributed by atoms with Crippen LogP contribution in [0.4, 0.5) is 11.4 Å². The van der Waals surface area contributed by atoms with Crippen LogP contribution in [-0.2, 0) is 13.0 Å². The minimum absolute atomic E-state index is 0.104. The summed E-state index contributed by atoms with van der Waals surface area (Å²) in [5, 5.41) is 12.5. The summed E-state index contributed by atoms with van der Waals surface area (Å²) in [5.74, 6) is 0.860. The highest BCUT2D eigenvalue weighted by molar-refractivity contribution is 5.58. The first-order chi connectivity index (χ1) is 9.74. The Kier molecular flexibility index (Phi) is 4.85. The lowest BCUT2D eigenvalue weighted by atomic mass is 10.1. The van der Waals surface area contributed by atoms with Crippen LogP contribution < -0.4 is 15.8 Å². The Labute approximate surface area is 119 Å². The Morgan fingerprint density at radius 3 is 2.70 bits per heavy atom. The Morgan fingerprint density at radius 1 is 1.15 bits per heavy atom. The van der Waals surface area contributed by atoms with E-state index in [0.29, 0.717) is 18.7 Å². The number of hydrogen-bond acceptors (Lipinski definition) is 4. The lowest BCUT2D eigenvalue weighted by Gasteiger charge is -2.14. The molecule has 0 aliphatic carbocycles. The third-order valence-electron chi connectivity index (χ3n) is 3.17. The van der Waals surface area contributed by atoms with Crippen LogP contribution in [0.2, 0.25) is 0 Å². The molecule has 4 heteroatoms. The van der Waals surface area contributed by atoms with E-state index in [1.165, 1.54) is 0 Å². The molecule has 0 aromatic heterocycles. The van der Waals surface area contributed by atoms with E-state index in [-0.39, 0.29) is 6.61 Å². The number of benzene rings is 2. The quantitative estimate of drug-likeness (QED) is 0.706. The molecule has 106 valence electrons. The van der Waals surface area contributed by atoms with Crippen molar-refractivity contribution < 1.29 is 9.84 Å². The number of nitrogens with two attached hydrogens (primary N) is 1. The van der Waals surface area contributed by atoms with Crippen LogP contribution >= 0.6 is 0 Å². The number of nitrogens with one attached hydrogen (secondary N) is 1. The van der Waals surface area contributed by atoms with E-state index in [0.717, 1.165) is 22.6 Å². The summed E-state index contributed by atoms with van der Waals surface area (Å²) in [6, 6.07) is 13.6. The van der Waals surface area contributed by atoms with Crippen molar-refractivity contribution in [1.29, 1.82) is 0 Å². The van der Waals surface area contributed by atoms with Crippen molar-refractivity contribution in [3.05, 3.63) is 53.6 Å². The molecule has 0 saturated heterocycles. The molecular weight excluding hydrogens is 252 g/mol. The number of methoxy groups -OCH3 is 1. The van der Waals surface area contributed by atoms with E-state index >= 15 is 0 Å². The van der Waals surface area contributed by atoms with E-state index in [9.17, 15) is 0 Å². The van der Waals surface area contributed by atoms with Gasteiger partial charge >= 0.3 is 0 Å². The van der Waals surface area contributed by atoms with Gasteiger partial charge in [-0.25, -0.2) is 0 Å². The highest BCUT2D eigenvalue weighted by atomic mass is 16.5. The van der Waals surface area contributed by atoms with Crippen LogP contribution in [0.1, 0.15) is 11.1 Å². The first-order valence-corrected chi connectivity index (χ1v) is 6.59. The monoisotopic (exact) mass is 272 g/mol. The van der Waals surface area contributed by atoms with Crippen molar-refractivity contribution in [2.75, 3.05) is 24.8 Å². The molecule has 0 amide bonds. The Bertz CT molecular complexity index is 570. The second-order valence-corrected chi connectivity index (χ2v) is 4.56. The SMILES string of the molecule is COc1ccccc1CNc1ccc(N)cc1CCO. The van der Waals surface area contributed by atoms with E-state index in [1.54, 1.807) is 7.11 Å². The average Bonchev–Trinajstić information content (AvgIpc) is 2.47. The summed E-state index contributed by atoms with van der Waals surface area (Å²) < 4.78 is 5.33. The van der Waals surface area contributed by atoms with E-state index < -0.39 is 0 Å².